The third-order valence-corrected chi connectivity index (χ3v) is 12.2. The van der Waals surface area contributed by atoms with Gasteiger partial charge in [-0.3, -0.25) is 0 Å². The molecule has 0 aliphatic carbocycles. The Morgan fingerprint density at radius 3 is 1.25 bits per heavy atom. The largest absolute Gasteiger partial charge is 0.228 e. The Morgan fingerprint density at radius 2 is 0.689 bits per heavy atom. The molecule has 0 N–H and O–H groups in total. The highest BCUT2D eigenvalue weighted by molar-refractivity contribution is 7.26. The Bertz CT molecular complexity index is 3210. The van der Waals surface area contributed by atoms with Crippen LogP contribution in [0.3, 0.4) is 0 Å². The van der Waals surface area contributed by atoms with Crippen LogP contribution in [0.15, 0.2) is 218 Å². The molecule has 11 rings (SSSR count). The van der Waals surface area contributed by atoms with Gasteiger partial charge in [-0.15, -0.1) is 11.3 Å². The molecule has 3 aromatic heterocycles. The number of rotatable bonds is 8. The van der Waals surface area contributed by atoms with E-state index < -0.39 is 0 Å². The van der Waals surface area contributed by atoms with Gasteiger partial charge in [0.1, 0.15) is 0 Å². The van der Waals surface area contributed by atoms with Crippen LogP contribution in [0.1, 0.15) is 0 Å². The SMILES string of the molecule is c1ccc(-c2cc(-c3ccc(-c4cc(-c5cccc(-c6cc(-c7ccccc7)nc(-c7ccccc7)n6)c5)cc5sc6ccccc6c45)cc3)nc(-c3ccccc3)n2)cc1. The van der Waals surface area contributed by atoms with Gasteiger partial charge in [0.15, 0.2) is 11.6 Å². The molecule has 0 fully saturated rings. The molecule has 5 heteroatoms. The number of thiophene rings is 1. The summed E-state index contributed by atoms with van der Waals surface area (Å²) < 4.78 is 2.52. The zero-order valence-corrected chi connectivity index (χ0v) is 33.8. The number of benzene rings is 8. The molecule has 0 saturated carbocycles. The first-order valence-electron chi connectivity index (χ1n) is 20.4. The lowest BCUT2D eigenvalue weighted by Gasteiger charge is -2.13. The second-order valence-corrected chi connectivity index (χ2v) is 16.1. The van der Waals surface area contributed by atoms with Gasteiger partial charge in [0, 0.05) is 53.6 Å². The maximum atomic E-state index is 5.14. The fraction of sp³-hybridized carbons (Fsp3) is 0. The van der Waals surface area contributed by atoms with Crippen LogP contribution in [-0.4, -0.2) is 19.9 Å². The molecule has 4 nitrogen and oxygen atoms in total. The molecule has 0 unspecified atom stereocenters. The average molecular weight is 797 g/mol. The summed E-state index contributed by atoms with van der Waals surface area (Å²) in [6.45, 7) is 0. The van der Waals surface area contributed by atoms with Gasteiger partial charge in [0.05, 0.1) is 22.8 Å². The average Bonchev–Trinajstić information content (AvgIpc) is 3.73. The van der Waals surface area contributed by atoms with Crippen LogP contribution in [0.25, 0.3) is 110 Å². The van der Waals surface area contributed by atoms with Crippen molar-refractivity contribution in [1.29, 1.82) is 0 Å². The van der Waals surface area contributed by atoms with E-state index >= 15 is 0 Å². The summed E-state index contributed by atoms with van der Waals surface area (Å²) in [4.78, 5) is 20.3. The molecule has 0 amide bonds. The Kier molecular flexibility index (Phi) is 9.34. The summed E-state index contributed by atoms with van der Waals surface area (Å²) in [5, 5.41) is 2.53. The van der Waals surface area contributed by atoms with Crippen LogP contribution in [0.5, 0.6) is 0 Å². The molecule has 0 aliphatic heterocycles. The van der Waals surface area contributed by atoms with E-state index in [4.69, 9.17) is 19.9 Å². The zero-order chi connectivity index (χ0) is 40.5. The van der Waals surface area contributed by atoms with Crippen molar-refractivity contribution >= 4 is 31.5 Å². The summed E-state index contributed by atoms with van der Waals surface area (Å²) in [6, 6.07) is 76.3. The third kappa shape index (κ3) is 7.18. The van der Waals surface area contributed by atoms with Crippen LogP contribution in [0.4, 0.5) is 0 Å². The number of hydrogen-bond donors (Lipinski definition) is 0. The molecule has 3 heterocycles. The van der Waals surface area contributed by atoms with Crippen molar-refractivity contribution in [3.63, 3.8) is 0 Å². The van der Waals surface area contributed by atoms with Gasteiger partial charge < -0.3 is 0 Å². The van der Waals surface area contributed by atoms with Crippen LogP contribution >= 0.6 is 11.3 Å². The summed E-state index contributed by atoms with van der Waals surface area (Å²) in [6.07, 6.45) is 0. The van der Waals surface area contributed by atoms with E-state index in [1.807, 2.05) is 72.0 Å². The maximum absolute atomic E-state index is 5.14. The quantitative estimate of drug-likeness (QED) is 0.154. The first-order valence-corrected chi connectivity index (χ1v) is 21.2. The fourth-order valence-electron chi connectivity index (χ4n) is 8.06. The van der Waals surface area contributed by atoms with Gasteiger partial charge in [-0.1, -0.05) is 182 Å². The van der Waals surface area contributed by atoms with Crippen LogP contribution < -0.4 is 0 Å². The van der Waals surface area contributed by atoms with E-state index in [2.05, 4.69) is 158 Å². The van der Waals surface area contributed by atoms with E-state index in [0.29, 0.717) is 11.6 Å². The van der Waals surface area contributed by atoms with Crippen molar-refractivity contribution in [3.05, 3.63) is 218 Å². The van der Waals surface area contributed by atoms with Gasteiger partial charge in [0.2, 0.25) is 0 Å². The zero-order valence-electron chi connectivity index (χ0n) is 33.0. The predicted octanol–water partition coefficient (Wildman–Crippen LogP) is 15.0. The van der Waals surface area contributed by atoms with Gasteiger partial charge in [-0.05, 0) is 58.7 Å². The third-order valence-electron chi connectivity index (χ3n) is 11.1. The van der Waals surface area contributed by atoms with Gasteiger partial charge in [-0.2, -0.15) is 0 Å². The second-order valence-electron chi connectivity index (χ2n) is 15.0. The first kappa shape index (κ1) is 36.2. The van der Waals surface area contributed by atoms with Crippen molar-refractivity contribution in [1.82, 2.24) is 19.9 Å². The van der Waals surface area contributed by atoms with Crippen molar-refractivity contribution in [3.8, 4) is 90.1 Å². The molecule has 8 aromatic carbocycles. The smallest absolute Gasteiger partial charge is 0.160 e. The minimum absolute atomic E-state index is 0.703. The minimum atomic E-state index is 0.703. The van der Waals surface area contributed by atoms with E-state index in [1.165, 1.54) is 25.7 Å². The van der Waals surface area contributed by atoms with Crippen LogP contribution in [0.2, 0.25) is 0 Å². The molecule has 0 bridgehead atoms. The molecule has 61 heavy (non-hydrogen) atoms. The van der Waals surface area contributed by atoms with Crippen molar-refractivity contribution < 1.29 is 0 Å². The van der Waals surface area contributed by atoms with E-state index in [0.717, 1.165) is 72.8 Å². The maximum Gasteiger partial charge on any atom is 0.160 e. The van der Waals surface area contributed by atoms with E-state index in [-0.39, 0.29) is 0 Å². The minimum Gasteiger partial charge on any atom is -0.228 e. The highest BCUT2D eigenvalue weighted by atomic mass is 32.1. The lowest BCUT2D eigenvalue weighted by atomic mass is 9.93. The Labute approximate surface area is 358 Å². The summed E-state index contributed by atoms with van der Waals surface area (Å²) in [7, 11) is 0. The molecule has 0 atom stereocenters. The highest BCUT2D eigenvalue weighted by Crippen LogP contribution is 2.44. The molecule has 0 spiro atoms. The number of hydrogen-bond acceptors (Lipinski definition) is 5. The standard InChI is InChI=1S/C56H36N4S/c1-5-16-38(17-6-1)48-35-50(59-55(57-48)41-20-9-3-10-21-41)40-30-28-37(29-31-40)47-33-45(34-53-54(47)46-26-13-14-27-52(46)61-53)43-24-15-25-44(32-43)51-36-49(39-18-7-2-8-19-39)58-56(60-51)42-22-11-4-12-23-42/h1-36H. The topological polar surface area (TPSA) is 51.6 Å². The lowest BCUT2D eigenvalue weighted by Crippen LogP contribution is -1.96. The first-order chi connectivity index (χ1) is 30.2. The molecular formula is C56H36N4S. The number of nitrogens with zero attached hydrogens (tertiary/aromatic N) is 4. The Morgan fingerprint density at radius 1 is 0.262 bits per heavy atom. The highest BCUT2D eigenvalue weighted by Gasteiger charge is 2.17. The number of aromatic nitrogens is 4. The summed E-state index contributed by atoms with van der Waals surface area (Å²) >= 11 is 1.84. The monoisotopic (exact) mass is 796 g/mol. The summed E-state index contributed by atoms with van der Waals surface area (Å²) in [5.74, 6) is 1.41. The van der Waals surface area contributed by atoms with E-state index in [1.54, 1.807) is 0 Å². The fourth-order valence-corrected chi connectivity index (χ4v) is 9.24. The Hall–Kier alpha value is -7.86. The van der Waals surface area contributed by atoms with Crippen LogP contribution in [-0.2, 0) is 0 Å². The second kappa shape index (κ2) is 15.7. The van der Waals surface area contributed by atoms with E-state index in [9.17, 15) is 0 Å². The normalized spacial score (nSPS) is 11.3. The molecule has 0 radical (unpaired) electrons. The van der Waals surface area contributed by atoms with Gasteiger partial charge in [0.25, 0.3) is 0 Å². The lowest BCUT2D eigenvalue weighted by molar-refractivity contribution is 1.18. The molecule has 286 valence electrons. The predicted molar refractivity (Wildman–Crippen MR) is 254 cm³/mol. The van der Waals surface area contributed by atoms with Gasteiger partial charge in [-0.25, -0.2) is 19.9 Å². The molecule has 0 aliphatic rings. The number of fused-ring (bicyclic) bond motifs is 3. The van der Waals surface area contributed by atoms with Crippen LogP contribution in [0, 0.1) is 0 Å². The molecule has 0 saturated heterocycles. The summed E-state index contributed by atoms with van der Waals surface area (Å²) in [5.41, 5.74) is 14.3. The molecule has 11 aromatic rings. The Balaban J connectivity index is 1.02. The van der Waals surface area contributed by atoms with Crippen molar-refractivity contribution in [2.75, 3.05) is 0 Å². The molecular weight excluding hydrogens is 761 g/mol. The van der Waals surface area contributed by atoms with Crippen molar-refractivity contribution in [2.45, 2.75) is 0 Å². The van der Waals surface area contributed by atoms with Gasteiger partial charge >= 0.3 is 0 Å². The van der Waals surface area contributed by atoms with Crippen molar-refractivity contribution in [2.24, 2.45) is 0 Å².